The number of halogens is 1. The zero-order chi connectivity index (χ0) is 13.4. The molecule has 0 radical (unpaired) electrons. The van der Waals surface area contributed by atoms with Crippen LogP contribution in [0.3, 0.4) is 0 Å². The summed E-state index contributed by atoms with van der Waals surface area (Å²) in [5.41, 5.74) is 7.17. The molecule has 0 amide bonds. The molecular formula is C14H21ClN4S. The van der Waals surface area contributed by atoms with Crippen molar-refractivity contribution in [1.29, 1.82) is 0 Å². The number of thiazole rings is 1. The molecule has 0 aliphatic heterocycles. The van der Waals surface area contributed by atoms with Crippen molar-refractivity contribution in [3.63, 3.8) is 0 Å². The molecule has 1 saturated carbocycles. The van der Waals surface area contributed by atoms with Crippen molar-refractivity contribution >= 4 is 23.7 Å². The van der Waals surface area contributed by atoms with Gasteiger partial charge in [-0.3, -0.25) is 0 Å². The number of nitrogens with zero attached hydrogens (tertiary/aromatic N) is 3. The predicted molar refractivity (Wildman–Crippen MR) is 85.5 cm³/mol. The molecule has 2 atom stereocenters. The first-order valence-electron chi connectivity index (χ1n) is 6.89. The Morgan fingerprint density at radius 2 is 2.20 bits per heavy atom. The van der Waals surface area contributed by atoms with Gasteiger partial charge in [0.2, 0.25) is 0 Å². The maximum atomic E-state index is 6.02. The number of rotatable bonds is 3. The third-order valence-electron chi connectivity index (χ3n) is 3.81. The van der Waals surface area contributed by atoms with Gasteiger partial charge in [-0.05, 0) is 25.2 Å². The highest BCUT2D eigenvalue weighted by molar-refractivity contribution is 7.13. The maximum absolute atomic E-state index is 6.02. The van der Waals surface area contributed by atoms with E-state index in [0.717, 1.165) is 35.8 Å². The molecule has 6 heteroatoms. The zero-order valence-electron chi connectivity index (χ0n) is 11.8. The number of aromatic nitrogens is 3. The topological polar surface area (TPSA) is 56.7 Å². The van der Waals surface area contributed by atoms with Crippen molar-refractivity contribution in [3.05, 3.63) is 23.5 Å². The Bertz CT molecular complexity index is 563. The van der Waals surface area contributed by atoms with Crippen LogP contribution < -0.4 is 5.73 Å². The molecule has 0 bridgehead atoms. The second-order valence-electron chi connectivity index (χ2n) is 5.62. The van der Waals surface area contributed by atoms with Gasteiger partial charge < -0.3 is 10.3 Å². The molecule has 3 rings (SSSR count). The minimum atomic E-state index is 0. The van der Waals surface area contributed by atoms with Crippen molar-refractivity contribution in [3.8, 4) is 10.8 Å². The van der Waals surface area contributed by atoms with E-state index in [9.17, 15) is 0 Å². The molecule has 0 aromatic carbocycles. The third-order valence-corrected chi connectivity index (χ3v) is 4.67. The van der Waals surface area contributed by atoms with Gasteiger partial charge >= 0.3 is 0 Å². The Hall–Kier alpha value is -0.910. The molecule has 20 heavy (non-hydrogen) atoms. The molecule has 2 heterocycles. The Morgan fingerprint density at radius 3 is 2.80 bits per heavy atom. The summed E-state index contributed by atoms with van der Waals surface area (Å²) < 4.78 is 2.26. The number of nitrogens with two attached hydrogens (primary N) is 1. The lowest BCUT2D eigenvalue weighted by Crippen LogP contribution is -2.16. The fraction of sp³-hybridized carbons (Fsp3) is 0.571. The SMILES string of the molecule is CC(C)c1csc(-c2nccn2[C@@H]2CC[C@H](N)C2)n1.Cl. The van der Waals surface area contributed by atoms with Crippen LogP contribution in [0.25, 0.3) is 10.8 Å². The summed E-state index contributed by atoms with van der Waals surface area (Å²) in [6.07, 6.45) is 7.24. The van der Waals surface area contributed by atoms with Gasteiger partial charge in [-0.1, -0.05) is 13.8 Å². The minimum absolute atomic E-state index is 0. The molecule has 110 valence electrons. The molecule has 2 aromatic heterocycles. The van der Waals surface area contributed by atoms with Crippen molar-refractivity contribution < 1.29 is 0 Å². The summed E-state index contributed by atoms with van der Waals surface area (Å²) in [6.45, 7) is 4.34. The molecule has 4 nitrogen and oxygen atoms in total. The highest BCUT2D eigenvalue weighted by Gasteiger charge is 2.25. The fourth-order valence-corrected chi connectivity index (χ4v) is 3.65. The van der Waals surface area contributed by atoms with Crippen LogP contribution in [0.4, 0.5) is 0 Å². The second kappa shape index (κ2) is 6.24. The summed E-state index contributed by atoms with van der Waals surface area (Å²) in [7, 11) is 0. The van der Waals surface area contributed by atoms with Gasteiger partial charge in [-0.2, -0.15) is 0 Å². The molecule has 2 N–H and O–H groups in total. The normalized spacial score (nSPS) is 22.2. The highest BCUT2D eigenvalue weighted by Crippen LogP contribution is 2.34. The van der Waals surface area contributed by atoms with Crippen molar-refractivity contribution in [2.45, 2.75) is 51.1 Å². The zero-order valence-corrected chi connectivity index (χ0v) is 13.5. The van der Waals surface area contributed by atoms with E-state index in [4.69, 9.17) is 10.7 Å². The van der Waals surface area contributed by atoms with Crippen LogP contribution in [0.15, 0.2) is 17.8 Å². The second-order valence-corrected chi connectivity index (χ2v) is 6.48. The van der Waals surface area contributed by atoms with E-state index in [0.29, 0.717) is 18.0 Å². The third kappa shape index (κ3) is 2.90. The summed E-state index contributed by atoms with van der Waals surface area (Å²) >= 11 is 1.68. The first-order chi connectivity index (χ1) is 9.15. The van der Waals surface area contributed by atoms with Crippen LogP contribution in [0, 0.1) is 0 Å². The summed E-state index contributed by atoms with van der Waals surface area (Å²) in [4.78, 5) is 9.21. The minimum Gasteiger partial charge on any atom is -0.328 e. The number of imidazole rings is 1. The number of hydrogen-bond donors (Lipinski definition) is 1. The standard InChI is InChI=1S/C14H20N4S.ClH/c1-9(2)12-8-19-14(17-12)13-16-5-6-18(13)11-4-3-10(15)7-11;/h5-6,8-11H,3-4,7,15H2,1-2H3;1H/t10-,11+;/m0./s1. The van der Waals surface area contributed by atoms with Crippen LogP contribution in [0.1, 0.15) is 50.8 Å². The molecule has 1 aliphatic rings. The van der Waals surface area contributed by atoms with E-state index in [1.54, 1.807) is 11.3 Å². The quantitative estimate of drug-likeness (QED) is 0.942. The lowest BCUT2D eigenvalue weighted by atomic mass is 10.2. The van der Waals surface area contributed by atoms with Gasteiger partial charge in [0.25, 0.3) is 0 Å². The van der Waals surface area contributed by atoms with E-state index < -0.39 is 0 Å². The lowest BCUT2D eigenvalue weighted by molar-refractivity contribution is 0.514. The van der Waals surface area contributed by atoms with Crippen LogP contribution in [0.2, 0.25) is 0 Å². The molecule has 0 saturated heterocycles. The van der Waals surface area contributed by atoms with Gasteiger partial charge in [0.1, 0.15) is 0 Å². The largest absolute Gasteiger partial charge is 0.328 e. The van der Waals surface area contributed by atoms with Gasteiger partial charge in [0.15, 0.2) is 10.8 Å². The molecule has 1 aliphatic carbocycles. The van der Waals surface area contributed by atoms with Crippen LogP contribution in [-0.2, 0) is 0 Å². The van der Waals surface area contributed by atoms with Gasteiger partial charge in [0, 0.05) is 29.9 Å². The fourth-order valence-electron chi connectivity index (χ4n) is 2.67. The molecule has 0 unspecified atom stereocenters. The Labute approximate surface area is 129 Å². The average Bonchev–Trinajstić information content (AvgIpc) is 3.07. The lowest BCUT2D eigenvalue weighted by Gasteiger charge is -2.14. The van der Waals surface area contributed by atoms with Crippen LogP contribution >= 0.6 is 23.7 Å². The van der Waals surface area contributed by atoms with Gasteiger partial charge in [0.05, 0.1) is 5.69 Å². The monoisotopic (exact) mass is 312 g/mol. The summed E-state index contributed by atoms with van der Waals surface area (Å²) in [6, 6.07) is 0.821. The Kier molecular flexibility index (Phi) is 4.83. The predicted octanol–water partition coefficient (Wildman–Crippen LogP) is 3.60. The molecule has 0 spiro atoms. The van der Waals surface area contributed by atoms with E-state index >= 15 is 0 Å². The maximum Gasteiger partial charge on any atom is 0.169 e. The molecule has 1 fully saturated rings. The Morgan fingerprint density at radius 1 is 1.40 bits per heavy atom. The number of hydrogen-bond acceptors (Lipinski definition) is 4. The van der Waals surface area contributed by atoms with E-state index in [1.807, 2.05) is 6.20 Å². The molecular weight excluding hydrogens is 292 g/mol. The first kappa shape index (κ1) is 15.5. The average molecular weight is 313 g/mol. The van der Waals surface area contributed by atoms with Crippen molar-refractivity contribution in [1.82, 2.24) is 14.5 Å². The smallest absolute Gasteiger partial charge is 0.169 e. The van der Waals surface area contributed by atoms with Crippen molar-refractivity contribution in [2.75, 3.05) is 0 Å². The van der Waals surface area contributed by atoms with E-state index in [2.05, 4.69) is 35.0 Å². The van der Waals surface area contributed by atoms with Crippen LogP contribution in [0.5, 0.6) is 0 Å². The van der Waals surface area contributed by atoms with E-state index in [-0.39, 0.29) is 12.4 Å². The summed E-state index contributed by atoms with van der Waals surface area (Å²) in [5.74, 6) is 1.46. The highest BCUT2D eigenvalue weighted by atomic mass is 35.5. The van der Waals surface area contributed by atoms with Gasteiger partial charge in [-0.25, -0.2) is 9.97 Å². The molecule has 2 aromatic rings. The van der Waals surface area contributed by atoms with Crippen LogP contribution in [-0.4, -0.2) is 20.6 Å². The Balaban J connectivity index is 0.00000147. The van der Waals surface area contributed by atoms with Crippen molar-refractivity contribution in [2.24, 2.45) is 5.73 Å². The van der Waals surface area contributed by atoms with Gasteiger partial charge in [-0.15, -0.1) is 23.7 Å². The summed E-state index contributed by atoms with van der Waals surface area (Å²) in [5, 5.41) is 3.16. The first-order valence-corrected chi connectivity index (χ1v) is 7.77. The van der Waals surface area contributed by atoms with E-state index in [1.165, 1.54) is 0 Å².